The number of hydrogen-bond donors (Lipinski definition) is 3. The van der Waals surface area contributed by atoms with Crippen LogP contribution in [0.25, 0.3) is 0 Å². The van der Waals surface area contributed by atoms with Crippen molar-refractivity contribution in [3.63, 3.8) is 0 Å². The van der Waals surface area contributed by atoms with Crippen LogP contribution in [0.4, 0.5) is 0 Å². The average molecular weight is 449 g/mol. The molecule has 2 aromatic rings. The van der Waals surface area contributed by atoms with Crippen molar-refractivity contribution in [3.05, 3.63) is 70.8 Å². The molecule has 33 heavy (non-hydrogen) atoms. The Morgan fingerprint density at radius 3 is 2.45 bits per heavy atom. The highest BCUT2D eigenvalue weighted by Gasteiger charge is 2.48. The summed E-state index contributed by atoms with van der Waals surface area (Å²) in [6, 6.07) is 15.6. The van der Waals surface area contributed by atoms with Crippen molar-refractivity contribution in [3.8, 4) is 0 Å². The Labute approximate surface area is 194 Å². The Kier molecular flexibility index (Phi) is 5.95. The zero-order chi connectivity index (χ0) is 23.0. The van der Waals surface area contributed by atoms with E-state index in [1.807, 2.05) is 43.3 Å². The topological polar surface area (TPSA) is 96.7 Å². The second-order valence-corrected chi connectivity index (χ2v) is 9.66. The number of nitrogens with two attached hydrogens (primary N) is 1. The third-order valence-corrected chi connectivity index (χ3v) is 6.96. The van der Waals surface area contributed by atoms with Crippen molar-refractivity contribution in [1.82, 2.24) is 15.7 Å². The molecule has 7 heteroatoms. The van der Waals surface area contributed by atoms with Crippen LogP contribution in [0.15, 0.2) is 48.5 Å². The maximum Gasteiger partial charge on any atom is 0.274 e. The summed E-state index contributed by atoms with van der Waals surface area (Å²) in [6.07, 6.45) is 5.47. The van der Waals surface area contributed by atoms with Crippen molar-refractivity contribution in [2.45, 2.75) is 69.3 Å². The molecule has 2 atom stereocenters. The van der Waals surface area contributed by atoms with Crippen LogP contribution in [0.2, 0.25) is 0 Å². The number of amides is 2. The molecule has 0 radical (unpaired) electrons. The predicted octanol–water partition coefficient (Wildman–Crippen LogP) is 2.99. The molecule has 0 aromatic heterocycles. The van der Waals surface area contributed by atoms with Crippen LogP contribution in [-0.2, 0) is 10.5 Å². The molecule has 2 saturated carbocycles. The molecule has 1 saturated heterocycles. The Hall–Kier alpha value is -2.74. The fraction of sp³-hybridized carbons (Fsp3) is 0.462. The Morgan fingerprint density at radius 2 is 1.76 bits per heavy atom. The Morgan fingerprint density at radius 1 is 1.00 bits per heavy atom. The first-order valence-corrected chi connectivity index (χ1v) is 11.9. The van der Waals surface area contributed by atoms with E-state index in [1.54, 1.807) is 12.1 Å². The maximum atomic E-state index is 12.7. The molecule has 1 aliphatic heterocycles. The number of carbonyl (C=O) groups is 2. The zero-order valence-corrected chi connectivity index (χ0v) is 19.0. The molecule has 2 unspecified atom stereocenters. The molecular weight excluding hydrogens is 416 g/mol. The quantitative estimate of drug-likeness (QED) is 0.566. The van der Waals surface area contributed by atoms with Gasteiger partial charge in [0.05, 0.1) is 11.8 Å². The van der Waals surface area contributed by atoms with E-state index in [2.05, 4.69) is 15.7 Å². The second-order valence-electron chi connectivity index (χ2n) is 9.66. The van der Waals surface area contributed by atoms with Gasteiger partial charge in [-0.3, -0.25) is 19.3 Å². The maximum absolute atomic E-state index is 12.7. The van der Waals surface area contributed by atoms with E-state index in [4.69, 9.17) is 10.6 Å². The van der Waals surface area contributed by atoms with Crippen LogP contribution < -0.4 is 16.5 Å². The summed E-state index contributed by atoms with van der Waals surface area (Å²) in [4.78, 5) is 33.4. The summed E-state index contributed by atoms with van der Waals surface area (Å²) in [5.74, 6) is -0.308. The third kappa shape index (κ3) is 4.81. The first-order chi connectivity index (χ1) is 15.9. The van der Waals surface area contributed by atoms with Crippen molar-refractivity contribution in [2.75, 3.05) is 6.54 Å². The lowest BCUT2D eigenvalue weighted by molar-refractivity contribution is -0.0894. The summed E-state index contributed by atoms with van der Waals surface area (Å²) < 4.78 is 0. The number of rotatable bonds is 7. The fourth-order valence-electron chi connectivity index (χ4n) is 4.82. The largest absolute Gasteiger partial charge is 0.349 e. The molecule has 3 fully saturated rings. The SMILES string of the molecule is Cc1ccc(C(=O)NC2CC2)cc1C1(N)CC(ONC(=O)c2ccccc2)CCN1C1CC1. The summed E-state index contributed by atoms with van der Waals surface area (Å²) in [6.45, 7) is 2.82. The molecule has 1 heterocycles. The monoisotopic (exact) mass is 448 g/mol. The molecule has 2 amide bonds. The molecule has 3 aliphatic rings. The minimum Gasteiger partial charge on any atom is -0.349 e. The highest BCUT2D eigenvalue weighted by Crippen LogP contribution is 2.43. The van der Waals surface area contributed by atoms with Gasteiger partial charge in [0.2, 0.25) is 0 Å². The summed E-state index contributed by atoms with van der Waals surface area (Å²) in [5.41, 5.74) is 12.2. The average Bonchev–Trinajstić information content (AvgIpc) is 3.74. The molecule has 7 nitrogen and oxygen atoms in total. The van der Waals surface area contributed by atoms with Gasteiger partial charge in [0.15, 0.2) is 0 Å². The van der Waals surface area contributed by atoms with Gasteiger partial charge in [-0.2, -0.15) is 0 Å². The number of nitrogens with one attached hydrogen (secondary N) is 2. The minimum absolute atomic E-state index is 0.0425. The predicted molar refractivity (Wildman–Crippen MR) is 125 cm³/mol. The van der Waals surface area contributed by atoms with Crippen LogP contribution in [0.1, 0.15) is 70.4 Å². The van der Waals surface area contributed by atoms with Gasteiger partial charge in [0.25, 0.3) is 11.8 Å². The summed E-state index contributed by atoms with van der Waals surface area (Å²) >= 11 is 0. The van der Waals surface area contributed by atoms with Gasteiger partial charge in [-0.15, -0.1) is 0 Å². The van der Waals surface area contributed by atoms with E-state index in [0.29, 0.717) is 29.6 Å². The molecule has 4 N–H and O–H groups in total. The number of carbonyl (C=O) groups excluding carboxylic acids is 2. The van der Waals surface area contributed by atoms with Crippen molar-refractivity contribution in [1.29, 1.82) is 0 Å². The van der Waals surface area contributed by atoms with Gasteiger partial charge in [0.1, 0.15) is 0 Å². The molecule has 0 spiro atoms. The van der Waals surface area contributed by atoms with E-state index in [-0.39, 0.29) is 17.9 Å². The number of hydrogen-bond acceptors (Lipinski definition) is 5. The minimum atomic E-state index is -0.762. The number of likely N-dealkylation sites (tertiary alicyclic amines) is 1. The first-order valence-electron chi connectivity index (χ1n) is 11.9. The lowest BCUT2D eigenvalue weighted by Gasteiger charge is -2.48. The normalized spacial score (nSPS) is 25.5. The van der Waals surface area contributed by atoms with Gasteiger partial charge in [0, 0.05) is 36.2 Å². The lowest BCUT2D eigenvalue weighted by Crippen LogP contribution is -2.60. The summed E-state index contributed by atoms with van der Waals surface area (Å²) in [5, 5.41) is 3.07. The zero-order valence-electron chi connectivity index (χ0n) is 19.0. The van der Waals surface area contributed by atoms with Crippen LogP contribution in [0, 0.1) is 6.92 Å². The molecule has 5 rings (SSSR count). The van der Waals surface area contributed by atoms with Crippen molar-refractivity contribution in [2.24, 2.45) is 5.73 Å². The van der Waals surface area contributed by atoms with E-state index in [0.717, 1.165) is 49.8 Å². The van der Waals surface area contributed by atoms with Gasteiger partial charge in [-0.05, 0) is 74.4 Å². The third-order valence-electron chi connectivity index (χ3n) is 6.96. The number of benzene rings is 2. The fourth-order valence-corrected chi connectivity index (χ4v) is 4.82. The van der Waals surface area contributed by atoms with Gasteiger partial charge in [-0.25, -0.2) is 5.48 Å². The number of nitrogens with zero attached hydrogens (tertiary/aromatic N) is 1. The number of aryl methyl sites for hydroxylation is 1. The van der Waals surface area contributed by atoms with Gasteiger partial charge in [-0.1, -0.05) is 24.3 Å². The van der Waals surface area contributed by atoms with E-state index >= 15 is 0 Å². The molecule has 2 aromatic carbocycles. The Balaban J connectivity index is 1.35. The lowest BCUT2D eigenvalue weighted by atomic mass is 9.84. The van der Waals surface area contributed by atoms with Crippen molar-refractivity contribution >= 4 is 11.8 Å². The summed E-state index contributed by atoms with van der Waals surface area (Å²) in [7, 11) is 0. The van der Waals surface area contributed by atoms with E-state index < -0.39 is 5.66 Å². The number of hydroxylamine groups is 1. The first kappa shape index (κ1) is 22.1. The standard InChI is InChI=1S/C26H32N4O3/c1-17-7-8-19(24(31)28-20-9-10-20)15-23(17)26(27)16-22(13-14-30(26)21-11-12-21)33-29-25(32)18-5-3-2-4-6-18/h2-8,15,20-22H,9-14,16,27H2,1H3,(H,28,31)(H,29,32). The molecule has 0 bridgehead atoms. The van der Waals surface area contributed by atoms with Gasteiger partial charge >= 0.3 is 0 Å². The van der Waals surface area contributed by atoms with E-state index in [9.17, 15) is 9.59 Å². The van der Waals surface area contributed by atoms with Crippen LogP contribution in [0.5, 0.6) is 0 Å². The molecule has 2 aliphatic carbocycles. The van der Waals surface area contributed by atoms with Crippen LogP contribution >= 0.6 is 0 Å². The second kappa shape index (κ2) is 8.89. The smallest absolute Gasteiger partial charge is 0.274 e. The van der Waals surface area contributed by atoms with Crippen LogP contribution in [0.3, 0.4) is 0 Å². The van der Waals surface area contributed by atoms with Crippen molar-refractivity contribution < 1.29 is 14.4 Å². The van der Waals surface area contributed by atoms with Gasteiger partial charge < -0.3 is 11.1 Å². The molecule has 174 valence electrons. The molecular formula is C26H32N4O3. The van der Waals surface area contributed by atoms with E-state index in [1.165, 1.54) is 0 Å². The highest BCUT2D eigenvalue weighted by atomic mass is 16.7. The number of piperidine rings is 1. The van der Waals surface area contributed by atoms with Crippen LogP contribution in [-0.4, -0.2) is 41.4 Å². The highest BCUT2D eigenvalue weighted by molar-refractivity contribution is 5.95. The Bertz CT molecular complexity index is 1040.